The maximum absolute atomic E-state index is 13.1. The van der Waals surface area contributed by atoms with Crippen molar-refractivity contribution in [3.8, 4) is 0 Å². The maximum Gasteiger partial charge on any atom is 0.365 e. The monoisotopic (exact) mass is 616 g/mol. The van der Waals surface area contributed by atoms with Gasteiger partial charge >= 0.3 is 5.97 Å². The van der Waals surface area contributed by atoms with E-state index in [9.17, 15) is 4.79 Å². The summed E-state index contributed by atoms with van der Waals surface area (Å²) in [6, 6.07) is 33.5. The molecule has 0 aromatic heterocycles. The Hall–Kier alpha value is -3.59. The summed E-state index contributed by atoms with van der Waals surface area (Å²) in [6.07, 6.45) is 0. The third-order valence-corrected chi connectivity index (χ3v) is 8.45. The quantitative estimate of drug-likeness (QED) is 0.216. The molecule has 1 unspecified atom stereocenters. The maximum atomic E-state index is 13.1. The van der Waals surface area contributed by atoms with Gasteiger partial charge in [-0.05, 0) is 67.2 Å². The van der Waals surface area contributed by atoms with Crippen LogP contribution in [0.1, 0.15) is 23.6 Å². The predicted molar refractivity (Wildman–Crippen MR) is 162 cm³/mol. The van der Waals surface area contributed by atoms with Crippen molar-refractivity contribution in [3.63, 3.8) is 0 Å². The molecule has 194 valence electrons. The molecule has 0 radical (unpaired) electrons. The molecule has 2 aliphatic rings. The Labute approximate surface area is 244 Å². The molecule has 0 bridgehead atoms. The Bertz CT molecular complexity index is 1600. The van der Waals surface area contributed by atoms with Gasteiger partial charge in [0.05, 0.1) is 23.7 Å². The van der Waals surface area contributed by atoms with Crippen molar-refractivity contribution in [1.29, 1.82) is 0 Å². The number of carbonyl (C=O) groups excluding carboxylic acids is 1. The SMILES string of the molecule is CCOC(=O)C1=NN(c2ccc(Br)cc2)C2(S1)c1ccccc1C(c1ccc(Cl)cc1)=NN2c1ccccc1. The summed E-state index contributed by atoms with van der Waals surface area (Å²) in [7, 11) is 0. The summed E-state index contributed by atoms with van der Waals surface area (Å²) in [5.74, 6) is -0.473. The molecule has 2 heterocycles. The van der Waals surface area contributed by atoms with Gasteiger partial charge in [-0.1, -0.05) is 82.1 Å². The van der Waals surface area contributed by atoms with Crippen LogP contribution in [0, 0.1) is 0 Å². The van der Waals surface area contributed by atoms with Crippen LogP contribution in [0.5, 0.6) is 0 Å². The van der Waals surface area contributed by atoms with Gasteiger partial charge in [0, 0.05) is 26.2 Å². The third kappa shape index (κ3) is 4.52. The van der Waals surface area contributed by atoms with Crippen LogP contribution in [-0.2, 0) is 14.5 Å². The van der Waals surface area contributed by atoms with E-state index in [0.717, 1.165) is 38.2 Å². The zero-order valence-electron chi connectivity index (χ0n) is 20.8. The van der Waals surface area contributed by atoms with Crippen LogP contribution in [-0.4, -0.2) is 23.3 Å². The predicted octanol–water partition coefficient (Wildman–Crippen LogP) is 7.62. The smallest absolute Gasteiger partial charge is 0.365 e. The molecule has 0 saturated carbocycles. The van der Waals surface area contributed by atoms with Gasteiger partial charge in [-0.25, -0.2) is 14.8 Å². The van der Waals surface area contributed by atoms with Gasteiger partial charge in [0.2, 0.25) is 10.0 Å². The Morgan fingerprint density at radius 2 is 1.51 bits per heavy atom. The number of anilines is 2. The first-order chi connectivity index (χ1) is 19.0. The second-order valence-corrected chi connectivity index (χ2v) is 11.3. The zero-order valence-corrected chi connectivity index (χ0v) is 24.0. The van der Waals surface area contributed by atoms with E-state index in [4.69, 9.17) is 26.5 Å². The first-order valence-corrected chi connectivity index (χ1v) is 14.3. The van der Waals surface area contributed by atoms with E-state index in [-0.39, 0.29) is 11.7 Å². The van der Waals surface area contributed by atoms with E-state index in [2.05, 4.69) is 28.1 Å². The van der Waals surface area contributed by atoms with Gasteiger partial charge in [0.25, 0.3) is 0 Å². The summed E-state index contributed by atoms with van der Waals surface area (Å²) in [6.45, 7) is 2.04. The van der Waals surface area contributed by atoms with Crippen LogP contribution >= 0.6 is 39.3 Å². The van der Waals surface area contributed by atoms with Crippen molar-refractivity contribution in [1.82, 2.24) is 0 Å². The number of thioether (sulfide) groups is 1. The number of hydrogen-bond acceptors (Lipinski definition) is 7. The second-order valence-electron chi connectivity index (χ2n) is 8.77. The minimum Gasteiger partial charge on any atom is -0.461 e. The normalized spacial score (nSPS) is 18.0. The summed E-state index contributed by atoms with van der Waals surface area (Å²) in [5.41, 5.74) is 5.22. The molecule has 2 aliphatic heterocycles. The van der Waals surface area contributed by atoms with Crippen LogP contribution < -0.4 is 10.0 Å². The average molecular weight is 618 g/mol. The van der Waals surface area contributed by atoms with Crippen molar-refractivity contribution in [2.24, 2.45) is 10.2 Å². The summed E-state index contributed by atoms with van der Waals surface area (Å²) in [5, 5.41) is 14.8. The molecule has 6 rings (SSSR count). The fraction of sp³-hybridized carbons (Fsp3) is 0.100. The highest BCUT2D eigenvalue weighted by Gasteiger charge is 2.56. The molecular weight excluding hydrogens is 596 g/mol. The van der Waals surface area contributed by atoms with Crippen LogP contribution in [0.3, 0.4) is 0 Å². The van der Waals surface area contributed by atoms with E-state index in [1.165, 1.54) is 11.8 Å². The highest BCUT2D eigenvalue weighted by molar-refractivity contribution is 9.10. The van der Waals surface area contributed by atoms with Crippen LogP contribution in [0.15, 0.2) is 118 Å². The van der Waals surface area contributed by atoms with E-state index in [0.29, 0.717) is 5.02 Å². The molecule has 0 saturated heterocycles. The number of hydrogen-bond donors (Lipinski definition) is 0. The standard InChI is InChI=1S/C30H22BrClN4O2S/c1-2-38-29(37)28-34-36(24-18-14-21(31)15-19-24)30(39-28)26-11-7-6-10-25(26)27(20-12-16-22(32)17-13-20)33-35(30)23-8-4-3-5-9-23/h3-19H,2H2,1H3. The lowest BCUT2D eigenvalue weighted by molar-refractivity contribution is -0.134. The number of benzene rings is 4. The van der Waals surface area contributed by atoms with Gasteiger partial charge in [0.15, 0.2) is 0 Å². The van der Waals surface area contributed by atoms with Crippen LogP contribution in [0.25, 0.3) is 0 Å². The molecule has 4 aromatic carbocycles. The number of halogens is 2. The van der Waals surface area contributed by atoms with E-state index < -0.39 is 11.0 Å². The summed E-state index contributed by atoms with van der Waals surface area (Å²) in [4.78, 5) is 12.0. The fourth-order valence-electron chi connectivity index (χ4n) is 4.68. The summed E-state index contributed by atoms with van der Waals surface area (Å²) < 4.78 is 6.34. The molecule has 6 nitrogen and oxygen atoms in total. The molecule has 0 amide bonds. The topological polar surface area (TPSA) is 57.5 Å². The fourth-order valence-corrected chi connectivity index (χ4v) is 6.36. The Kier molecular flexibility index (Phi) is 6.93. The highest BCUT2D eigenvalue weighted by Crippen LogP contribution is 2.55. The number of esters is 1. The van der Waals surface area contributed by atoms with Gasteiger partial charge < -0.3 is 4.74 Å². The van der Waals surface area contributed by atoms with Crippen molar-refractivity contribution in [3.05, 3.63) is 129 Å². The summed E-state index contributed by atoms with van der Waals surface area (Å²) >= 11 is 11.1. The zero-order chi connectivity index (χ0) is 27.0. The van der Waals surface area contributed by atoms with Gasteiger partial charge in [0.1, 0.15) is 0 Å². The highest BCUT2D eigenvalue weighted by atomic mass is 79.9. The Morgan fingerprint density at radius 1 is 0.872 bits per heavy atom. The molecule has 1 spiro atoms. The van der Waals surface area contributed by atoms with Crippen molar-refractivity contribution in [2.75, 3.05) is 16.6 Å². The number of nitrogens with zero attached hydrogens (tertiary/aromatic N) is 4. The van der Waals surface area contributed by atoms with Crippen molar-refractivity contribution < 1.29 is 9.53 Å². The molecule has 0 aliphatic carbocycles. The lowest BCUT2D eigenvalue weighted by atomic mass is 9.93. The number of ether oxygens (including phenoxy) is 1. The van der Waals surface area contributed by atoms with Crippen LogP contribution in [0.2, 0.25) is 5.02 Å². The van der Waals surface area contributed by atoms with Gasteiger partial charge in [-0.3, -0.25) is 0 Å². The minimum absolute atomic E-state index is 0.251. The molecule has 0 N–H and O–H groups in total. The van der Waals surface area contributed by atoms with Crippen LogP contribution in [0.4, 0.5) is 11.4 Å². The number of fused-ring (bicyclic) bond motifs is 2. The third-order valence-electron chi connectivity index (χ3n) is 6.38. The Morgan fingerprint density at radius 3 is 2.23 bits per heavy atom. The van der Waals surface area contributed by atoms with Crippen molar-refractivity contribution in [2.45, 2.75) is 11.9 Å². The average Bonchev–Trinajstić information content (AvgIpc) is 3.36. The first-order valence-electron chi connectivity index (χ1n) is 12.3. The molecule has 9 heteroatoms. The largest absolute Gasteiger partial charge is 0.461 e. The van der Waals surface area contributed by atoms with E-state index >= 15 is 0 Å². The van der Waals surface area contributed by atoms with Gasteiger partial charge in [-0.2, -0.15) is 10.2 Å². The van der Waals surface area contributed by atoms with Crippen molar-refractivity contribution >= 4 is 67.4 Å². The molecule has 4 aromatic rings. The van der Waals surface area contributed by atoms with E-state index in [1.54, 1.807) is 6.92 Å². The second kappa shape index (κ2) is 10.5. The van der Waals surface area contributed by atoms with E-state index in [1.807, 2.05) is 101 Å². The Balaban J connectivity index is 1.64. The lowest BCUT2D eigenvalue weighted by Gasteiger charge is -2.47. The first kappa shape index (κ1) is 25.7. The number of carbonyl (C=O) groups is 1. The molecule has 39 heavy (non-hydrogen) atoms. The molecule has 1 atom stereocenters. The molecule has 0 fully saturated rings. The number of para-hydroxylation sites is 1. The lowest BCUT2D eigenvalue weighted by Crippen LogP contribution is -2.54. The van der Waals surface area contributed by atoms with Gasteiger partial charge in [-0.15, -0.1) is 0 Å². The number of rotatable bonds is 5. The minimum atomic E-state index is -1.05. The molecular formula is C30H22BrClN4O2S. The number of hydrazone groups is 2.